The quantitative estimate of drug-likeness (QED) is 0.450. The maximum Gasteiger partial charge on any atom is 0.195 e. The lowest BCUT2D eigenvalue weighted by molar-refractivity contribution is 0.553. The minimum Gasteiger partial charge on any atom is -0.344 e. The summed E-state index contributed by atoms with van der Waals surface area (Å²) in [6.07, 6.45) is 0. The molecule has 0 saturated carbocycles. The zero-order valence-electron chi connectivity index (χ0n) is 6.26. The van der Waals surface area contributed by atoms with E-state index in [1.165, 1.54) is 0 Å². The monoisotopic (exact) mass is 127 g/mol. The highest BCUT2D eigenvalue weighted by Crippen LogP contribution is 2.01. The van der Waals surface area contributed by atoms with E-state index in [4.69, 9.17) is 0 Å². The van der Waals surface area contributed by atoms with E-state index in [0.717, 1.165) is 19.0 Å². The number of rotatable bonds is 0. The Bertz CT molecular complexity index is 118. The molecule has 0 amide bonds. The van der Waals surface area contributed by atoms with Crippen LogP contribution in [-0.2, 0) is 0 Å². The third-order valence-corrected chi connectivity index (χ3v) is 1.65. The Balaban J connectivity index is 2.66. The molecular weight excluding hydrogens is 114 g/mol. The summed E-state index contributed by atoms with van der Waals surface area (Å²) in [5, 5.41) is 0. The Morgan fingerprint density at radius 1 is 1.22 bits per heavy atom. The highest BCUT2D eigenvalue weighted by molar-refractivity contribution is 5.81. The maximum absolute atomic E-state index is 4.12. The van der Waals surface area contributed by atoms with E-state index in [-0.39, 0.29) is 0 Å². The molecule has 0 unspecified atom stereocenters. The molecule has 52 valence electrons. The van der Waals surface area contributed by atoms with Gasteiger partial charge in [0.05, 0.1) is 0 Å². The van der Waals surface area contributed by atoms with Crippen LogP contribution in [0, 0.1) is 0 Å². The molecule has 1 heterocycles. The Hall–Kier alpha value is -0.730. The average Bonchev–Trinajstić information content (AvgIpc) is 2.12. The fourth-order valence-corrected chi connectivity index (χ4v) is 1.13. The van der Waals surface area contributed by atoms with Crippen molar-refractivity contribution in [2.24, 2.45) is 4.99 Å². The second kappa shape index (κ2) is 2.25. The van der Waals surface area contributed by atoms with Gasteiger partial charge in [-0.2, -0.15) is 0 Å². The van der Waals surface area contributed by atoms with Crippen molar-refractivity contribution in [3.8, 4) is 0 Å². The Labute approximate surface area is 56.0 Å². The van der Waals surface area contributed by atoms with Gasteiger partial charge in [-0.3, -0.25) is 4.99 Å². The highest BCUT2D eigenvalue weighted by Gasteiger charge is 2.17. The molecule has 1 rings (SSSR count). The first-order chi connectivity index (χ1) is 4.25. The Kier molecular flexibility index (Phi) is 1.60. The SMILES string of the molecule is CN=C1N(C)CCN1C. The molecule has 3 heteroatoms. The summed E-state index contributed by atoms with van der Waals surface area (Å²) in [6, 6.07) is 0. The van der Waals surface area contributed by atoms with Gasteiger partial charge in [-0.05, 0) is 0 Å². The summed E-state index contributed by atoms with van der Waals surface area (Å²) in [7, 11) is 5.95. The molecule has 9 heavy (non-hydrogen) atoms. The second-order valence-corrected chi connectivity index (χ2v) is 2.37. The predicted molar refractivity (Wildman–Crippen MR) is 38.6 cm³/mol. The summed E-state index contributed by atoms with van der Waals surface area (Å²) < 4.78 is 0. The summed E-state index contributed by atoms with van der Waals surface area (Å²) in [6.45, 7) is 2.20. The van der Waals surface area contributed by atoms with E-state index < -0.39 is 0 Å². The van der Waals surface area contributed by atoms with Crippen molar-refractivity contribution >= 4 is 5.96 Å². The molecule has 0 bridgehead atoms. The van der Waals surface area contributed by atoms with Gasteiger partial charge in [0.1, 0.15) is 0 Å². The number of hydrogen-bond donors (Lipinski definition) is 0. The highest BCUT2D eigenvalue weighted by atomic mass is 15.4. The van der Waals surface area contributed by atoms with Crippen LogP contribution in [0.4, 0.5) is 0 Å². The molecule has 0 aromatic rings. The lowest BCUT2D eigenvalue weighted by Crippen LogP contribution is -2.27. The van der Waals surface area contributed by atoms with Gasteiger partial charge < -0.3 is 9.80 Å². The van der Waals surface area contributed by atoms with Crippen molar-refractivity contribution < 1.29 is 0 Å². The van der Waals surface area contributed by atoms with E-state index in [0.29, 0.717) is 0 Å². The molecule has 0 radical (unpaired) electrons. The van der Waals surface area contributed by atoms with Crippen LogP contribution in [0.15, 0.2) is 4.99 Å². The first kappa shape index (κ1) is 6.39. The lowest BCUT2D eigenvalue weighted by Gasteiger charge is -2.13. The van der Waals surface area contributed by atoms with Gasteiger partial charge in [0.2, 0.25) is 0 Å². The van der Waals surface area contributed by atoms with Gasteiger partial charge in [-0.25, -0.2) is 0 Å². The van der Waals surface area contributed by atoms with Crippen molar-refractivity contribution in [3.05, 3.63) is 0 Å². The first-order valence-corrected chi connectivity index (χ1v) is 3.14. The van der Waals surface area contributed by atoms with Crippen molar-refractivity contribution in [1.29, 1.82) is 0 Å². The molecule has 3 nitrogen and oxygen atoms in total. The van der Waals surface area contributed by atoms with Gasteiger partial charge in [0.15, 0.2) is 5.96 Å². The Morgan fingerprint density at radius 2 is 1.67 bits per heavy atom. The zero-order valence-corrected chi connectivity index (χ0v) is 6.26. The van der Waals surface area contributed by atoms with Crippen molar-refractivity contribution in [2.75, 3.05) is 34.2 Å². The molecule has 1 fully saturated rings. The minimum atomic E-state index is 1.09. The lowest BCUT2D eigenvalue weighted by atomic mass is 10.6. The molecule has 0 aromatic carbocycles. The third-order valence-electron chi connectivity index (χ3n) is 1.65. The van der Waals surface area contributed by atoms with Crippen molar-refractivity contribution in [3.63, 3.8) is 0 Å². The second-order valence-electron chi connectivity index (χ2n) is 2.37. The number of hydrogen-bond acceptors (Lipinski definition) is 1. The van der Waals surface area contributed by atoms with Crippen molar-refractivity contribution in [1.82, 2.24) is 9.80 Å². The largest absolute Gasteiger partial charge is 0.344 e. The average molecular weight is 127 g/mol. The summed E-state index contributed by atoms with van der Waals surface area (Å²) >= 11 is 0. The first-order valence-electron chi connectivity index (χ1n) is 3.14. The van der Waals surface area contributed by atoms with E-state index in [1.807, 2.05) is 7.05 Å². The van der Waals surface area contributed by atoms with Crippen LogP contribution in [0.25, 0.3) is 0 Å². The number of likely N-dealkylation sites (N-methyl/N-ethyl adjacent to an activating group) is 2. The molecule has 0 spiro atoms. The fraction of sp³-hybridized carbons (Fsp3) is 0.833. The maximum atomic E-state index is 4.12. The van der Waals surface area contributed by atoms with Crippen LogP contribution in [0.1, 0.15) is 0 Å². The van der Waals surface area contributed by atoms with Crippen LogP contribution < -0.4 is 0 Å². The van der Waals surface area contributed by atoms with Crippen LogP contribution in [-0.4, -0.2) is 50.0 Å². The fourth-order valence-electron chi connectivity index (χ4n) is 1.13. The van der Waals surface area contributed by atoms with Crippen LogP contribution in [0.3, 0.4) is 0 Å². The van der Waals surface area contributed by atoms with E-state index >= 15 is 0 Å². The van der Waals surface area contributed by atoms with E-state index in [1.54, 1.807) is 0 Å². The van der Waals surface area contributed by atoms with Crippen LogP contribution in [0.2, 0.25) is 0 Å². The molecule has 1 aliphatic heterocycles. The van der Waals surface area contributed by atoms with E-state index in [2.05, 4.69) is 28.9 Å². The van der Waals surface area contributed by atoms with Gasteiger partial charge in [-0.1, -0.05) is 0 Å². The molecular formula is C6H13N3. The van der Waals surface area contributed by atoms with Crippen LogP contribution in [0.5, 0.6) is 0 Å². The number of aliphatic imine (C=N–C) groups is 1. The molecule has 0 aliphatic carbocycles. The summed E-state index contributed by atoms with van der Waals surface area (Å²) in [5.74, 6) is 1.09. The predicted octanol–water partition coefficient (Wildman–Crippen LogP) is -0.151. The van der Waals surface area contributed by atoms with Gasteiger partial charge >= 0.3 is 0 Å². The molecule has 1 aliphatic rings. The van der Waals surface area contributed by atoms with Gasteiger partial charge in [0.25, 0.3) is 0 Å². The van der Waals surface area contributed by atoms with Crippen molar-refractivity contribution in [2.45, 2.75) is 0 Å². The standard InChI is InChI=1S/C6H13N3/c1-7-6-8(2)4-5-9(6)3/h4-5H2,1-3H3. The van der Waals surface area contributed by atoms with Crippen LogP contribution >= 0.6 is 0 Å². The number of guanidine groups is 1. The van der Waals surface area contributed by atoms with Gasteiger partial charge in [-0.15, -0.1) is 0 Å². The summed E-state index contributed by atoms with van der Waals surface area (Å²) in [4.78, 5) is 8.42. The zero-order chi connectivity index (χ0) is 6.85. The topological polar surface area (TPSA) is 18.8 Å². The van der Waals surface area contributed by atoms with E-state index in [9.17, 15) is 0 Å². The molecule has 0 atom stereocenters. The molecule has 0 aromatic heterocycles. The molecule has 0 N–H and O–H groups in total. The minimum absolute atomic E-state index is 1.09. The smallest absolute Gasteiger partial charge is 0.195 e. The molecule has 1 saturated heterocycles. The normalized spacial score (nSPS) is 19.2. The number of nitrogens with zero attached hydrogens (tertiary/aromatic N) is 3. The Morgan fingerprint density at radius 3 is 1.89 bits per heavy atom. The third kappa shape index (κ3) is 0.992. The summed E-state index contributed by atoms with van der Waals surface area (Å²) in [5.41, 5.74) is 0. The van der Waals surface area contributed by atoms with Gasteiger partial charge in [0, 0.05) is 34.2 Å².